The van der Waals surface area contributed by atoms with Crippen molar-refractivity contribution in [1.29, 1.82) is 0 Å². The number of amides is 1. The van der Waals surface area contributed by atoms with E-state index in [0.717, 1.165) is 30.4 Å². The zero-order valence-electron chi connectivity index (χ0n) is 11.3. The Morgan fingerprint density at radius 3 is 2.75 bits per heavy atom. The molecule has 2 aromatic rings. The third-order valence-electron chi connectivity index (χ3n) is 3.51. The van der Waals surface area contributed by atoms with Gasteiger partial charge in [-0.25, -0.2) is 4.79 Å². The number of ether oxygens (including phenoxy) is 1. The molecule has 0 atom stereocenters. The van der Waals surface area contributed by atoms with E-state index in [0.29, 0.717) is 17.9 Å². The monoisotopic (exact) mass is 272 g/mol. The molecule has 1 N–H and O–H groups in total. The van der Waals surface area contributed by atoms with Crippen LogP contribution in [0.4, 0.5) is 0 Å². The minimum absolute atomic E-state index is 0.0528. The van der Waals surface area contributed by atoms with Gasteiger partial charge in [-0.3, -0.25) is 4.79 Å². The van der Waals surface area contributed by atoms with E-state index in [1.54, 1.807) is 19.1 Å². The number of hydrogen-bond acceptors (Lipinski definition) is 3. The number of H-pyrrole nitrogens is 1. The zero-order valence-corrected chi connectivity index (χ0v) is 11.3. The molecular formula is C15H16N2O3. The third-order valence-corrected chi connectivity index (χ3v) is 3.51. The number of aromatic nitrogens is 1. The summed E-state index contributed by atoms with van der Waals surface area (Å²) in [6.07, 6.45) is 1.07. The lowest BCUT2D eigenvalue weighted by Gasteiger charge is -2.30. The highest BCUT2D eigenvalue weighted by atomic mass is 16.5. The van der Waals surface area contributed by atoms with Crippen molar-refractivity contribution in [2.24, 2.45) is 0 Å². The Bertz CT molecular complexity index is 671. The van der Waals surface area contributed by atoms with Crippen LogP contribution in [0.25, 0.3) is 10.9 Å². The van der Waals surface area contributed by atoms with Crippen LogP contribution in [0, 0.1) is 0 Å². The molecule has 0 saturated carbocycles. The maximum atomic E-state index is 12.1. The fourth-order valence-electron chi connectivity index (χ4n) is 2.29. The van der Waals surface area contributed by atoms with E-state index in [-0.39, 0.29) is 11.9 Å². The summed E-state index contributed by atoms with van der Waals surface area (Å²) in [6.45, 7) is 3.77. The fourth-order valence-corrected chi connectivity index (χ4v) is 2.29. The van der Waals surface area contributed by atoms with Gasteiger partial charge in [-0.05, 0) is 37.6 Å². The zero-order chi connectivity index (χ0) is 14.1. The second-order valence-electron chi connectivity index (χ2n) is 4.85. The SMILES string of the molecule is CCOC(=O)c1cc2cc(C(=O)N3CCC3)ccc2[nH]1. The molecule has 104 valence electrons. The molecule has 1 aromatic heterocycles. The van der Waals surface area contributed by atoms with Gasteiger partial charge in [0.2, 0.25) is 0 Å². The number of rotatable bonds is 3. The molecule has 3 rings (SSSR count). The van der Waals surface area contributed by atoms with E-state index < -0.39 is 0 Å². The molecule has 2 heterocycles. The largest absolute Gasteiger partial charge is 0.461 e. The second-order valence-corrected chi connectivity index (χ2v) is 4.85. The predicted molar refractivity (Wildman–Crippen MR) is 74.8 cm³/mol. The number of fused-ring (bicyclic) bond motifs is 1. The van der Waals surface area contributed by atoms with Crippen LogP contribution in [0.5, 0.6) is 0 Å². The first kappa shape index (κ1) is 12.7. The van der Waals surface area contributed by atoms with Crippen LogP contribution in [0.2, 0.25) is 0 Å². The van der Waals surface area contributed by atoms with Crippen LogP contribution in [0.1, 0.15) is 34.2 Å². The van der Waals surface area contributed by atoms with E-state index in [1.807, 2.05) is 17.0 Å². The van der Waals surface area contributed by atoms with Gasteiger partial charge in [0.1, 0.15) is 5.69 Å². The quantitative estimate of drug-likeness (QED) is 0.871. The lowest BCUT2D eigenvalue weighted by Crippen LogP contribution is -2.41. The molecule has 1 fully saturated rings. The average Bonchev–Trinajstić information content (AvgIpc) is 2.79. The number of carbonyl (C=O) groups is 2. The van der Waals surface area contributed by atoms with E-state index in [4.69, 9.17) is 4.74 Å². The Balaban J connectivity index is 1.90. The number of aromatic amines is 1. The molecule has 1 amide bonds. The highest BCUT2D eigenvalue weighted by Crippen LogP contribution is 2.20. The van der Waals surface area contributed by atoms with Gasteiger partial charge in [-0.15, -0.1) is 0 Å². The Kier molecular flexibility index (Phi) is 3.18. The Morgan fingerprint density at radius 1 is 1.30 bits per heavy atom. The molecule has 0 spiro atoms. The first-order chi connectivity index (χ1) is 9.69. The summed E-state index contributed by atoms with van der Waals surface area (Å²) in [6, 6.07) is 7.15. The number of esters is 1. The summed E-state index contributed by atoms with van der Waals surface area (Å²) >= 11 is 0. The van der Waals surface area contributed by atoms with Crippen LogP contribution in [0.3, 0.4) is 0 Å². The summed E-state index contributed by atoms with van der Waals surface area (Å²) in [5.41, 5.74) is 1.90. The molecule has 0 unspecified atom stereocenters. The molecule has 0 bridgehead atoms. The van der Waals surface area contributed by atoms with Crippen LogP contribution in [-0.4, -0.2) is 41.5 Å². The number of hydrogen-bond donors (Lipinski definition) is 1. The number of benzene rings is 1. The molecule has 1 aliphatic rings. The number of nitrogens with zero attached hydrogens (tertiary/aromatic N) is 1. The van der Waals surface area contributed by atoms with Crippen molar-refractivity contribution >= 4 is 22.8 Å². The van der Waals surface area contributed by atoms with E-state index >= 15 is 0 Å². The minimum Gasteiger partial charge on any atom is -0.461 e. The summed E-state index contributed by atoms with van der Waals surface area (Å²) < 4.78 is 4.95. The maximum Gasteiger partial charge on any atom is 0.354 e. The normalized spacial score (nSPS) is 14.2. The van der Waals surface area contributed by atoms with E-state index in [1.165, 1.54) is 0 Å². The van der Waals surface area contributed by atoms with Crippen molar-refractivity contribution < 1.29 is 14.3 Å². The van der Waals surface area contributed by atoms with Gasteiger partial charge >= 0.3 is 5.97 Å². The lowest BCUT2D eigenvalue weighted by atomic mass is 10.1. The Morgan fingerprint density at radius 2 is 2.10 bits per heavy atom. The van der Waals surface area contributed by atoms with Crippen LogP contribution < -0.4 is 0 Å². The van der Waals surface area contributed by atoms with E-state index in [9.17, 15) is 9.59 Å². The van der Waals surface area contributed by atoms with Crippen molar-refractivity contribution in [1.82, 2.24) is 9.88 Å². The maximum absolute atomic E-state index is 12.1. The molecule has 5 nitrogen and oxygen atoms in total. The molecular weight excluding hydrogens is 256 g/mol. The standard InChI is InChI=1S/C15H16N2O3/c1-2-20-15(19)13-9-11-8-10(4-5-12(11)16-13)14(18)17-6-3-7-17/h4-5,8-9,16H,2-3,6-7H2,1H3. The average molecular weight is 272 g/mol. The van der Waals surface area contributed by atoms with Gasteiger partial charge in [0.15, 0.2) is 0 Å². The fraction of sp³-hybridized carbons (Fsp3) is 0.333. The van der Waals surface area contributed by atoms with Crippen molar-refractivity contribution in [2.75, 3.05) is 19.7 Å². The number of likely N-dealkylation sites (tertiary alicyclic amines) is 1. The van der Waals surface area contributed by atoms with Gasteiger partial charge < -0.3 is 14.6 Å². The number of carbonyl (C=O) groups excluding carboxylic acids is 2. The van der Waals surface area contributed by atoms with Crippen LogP contribution >= 0.6 is 0 Å². The molecule has 0 radical (unpaired) electrons. The summed E-state index contributed by atoms with van der Waals surface area (Å²) in [4.78, 5) is 28.6. The van der Waals surface area contributed by atoms with Crippen molar-refractivity contribution in [3.05, 3.63) is 35.5 Å². The van der Waals surface area contributed by atoms with Crippen molar-refractivity contribution in [2.45, 2.75) is 13.3 Å². The minimum atomic E-state index is -0.376. The van der Waals surface area contributed by atoms with Crippen LogP contribution in [0.15, 0.2) is 24.3 Å². The summed E-state index contributed by atoms with van der Waals surface area (Å²) in [5, 5.41) is 0.847. The Hall–Kier alpha value is -2.30. The van der Waals surface area contributed by atoms with Gasteiger partial charge in [-0.2, -0.15) is 0 Å². The topological polar surface area (TPSA) is 62.4 Å². The Labute approximate surface area is 116 Å². The smallest absolute Gasteiger partial charge is 0.354 e. The van der Waals surface area contributed by atoms with Crippen molar-refractivity contribution in [3.8, 4) is 0 Å². The molecule has 1 saturated heterocycles. The summed E-state index contributed by atoms with van der Waals surface area (Å²) in [5.74, 6) is -0.323. The molecule has 5 heteroatoms. The molecule has 1 aromatic carbocycles. The first-order valence-corrected chi connectivity index (χ1v) is 6.78. The highest BCUT2D eigenvalue weighted by molar-refractivity contribution is 6.00. The predicted octanol–water partition coefficient (Wildman–Crippen LogP) is 2.19. The molecule has 20 heavy (non-hydrogen) atoms. The number of nitrogens with one attached hydrogen (secondary N) is 1. The van der Waals surface area contributed by atoms with E-state index in [2.05, 4.69) is 4.98 Å². The van der Waals surface area contributed by atoms with Crippen LogP contribution in [-0.2, 0) is 4.74 Å². The third kappa shape index (κ3) is 2.15. The first-order valence-electron chi connectivity index (χ1n) is 6.78. The summed E-state index contributed by atoms with van der Waals surface area (Å²) in [7, 11) is 0. The van der Waals surface area contributed by atoms with Gasteiger partial charge in [0, 0.05) is 29.6 Å². The second kappa shape index (κ2) is 5.00. The van der Waals surface area contributed by atoms with Gasteiger partial charge in [0.25, 0.3) is 5.91 Å². The molecule has 0 aliphatic carbocycles. The van der Waals surface area contributed by atoms with Crippen molar-refractivity contribution in [3.63, 3.8) is 0 Å². The lowest BCUT2D eigenvalue weighted by molar-refractivity contribution is 0.0520. The van der Waals surface area contributed by atoms with Gasteiger partial charge in [-0.1, -0.05) is 0 Å². The van der Waals surface area contributed by atoms with Gasteiger partial charge in [0.05, 0.1) is 6.61 Å². The highest BCUT2D eigenvalue weighted by Gasteiger charge is 2.22. The molecule has 1 aliphatic heterocycles.